The number of carbonyl (C=O) groups is 1. The van der Waals surface area contributed by atoms with Crippen molar-refractivity contribution in [3.8, 4) is 0 Å². The zero-order valence-electron chi connectivity index (χ0n) is 11.3. The molecule has 0 saturated carbocycles. The van der Waals surface area contributed by atoms with E-state index in [2.05, 4.69) is 5.32 Å². The molecule has 18 heavy (non-hydrogen) atoms. The molecule has 1 aromatic rings. The van der Waals surface area contributed by atoms with E-state index in [1.165, 1.54) is 5.56 Å². The highest BCUT2D eigenvalue weighted by atomic mass is 16.3. The number of hydrogen-bond donors (Lipinski definition) is 2. The van der Waals surface area contributed by atoms with Crippen LogP contribution in [0, 0.1) is 0 Å². The van der Waals surface area contributed by atoms with Crippen molar-refractivity contribution in [2.45, 2.75) is 45.1 Å². The van der Waals surface area contributed by atoms with Crippen LogP contribution in [0.4, 0.5) is 0 Å². The van der Waals surface area contributed by atoms with Crippen LogP contribution in [0.2, 0.25) is 0 Å². The van der Waals surface area contributed by atoms with E-state index < -0.39 is 0 Å². The predicted octanol–water partition coefficient (Wildman–Crippen LogP) is 2.29. The van der Waals surface area contributed by atoms with Crippen LogP contribution in [0.15, 0.2) is 30.3 Å². The summed E-state index contributed by atoms with van der Waals surface area (Å²) in [7, 11) is 0. The van der Waals surface area contributed by atoms with Gasteiger partial charge in [0.2, 0.25) is 5.91 Å². The molecule has 3 nitrogen and oxygen atoms in total. The van der Waals surface area contributed by atoms with Crippen LogP contribution in [-0.2, 0) is 11.2 Å². The molecule has 0 bridgehead atoms. The highest BCUT2D eigenvalue weighted by Gasteiger charge is 2.23. The Bertz CT molecular complexity index is 364. The maximum atomic E-state index is 11.9. The summed E-state index contributed by atoms with van der Waals surface area (Å²) in [4.78, 5) is 11.9. The van der Waals surface area contributed by atoms with Crippen LogP contribution in [-0.4, -0.2) is 23.2 Å². The molecule has 2 N–H and O–H groups in total. The van der Waals surface area contributed by atoms with Gasteiger partial charge in [0, 0.05) is 18.6 Å². The maximum Gasteiger partial charge on any atom is 0.220 e. The van der Waals surface area contributed by atoms with Gasteiger partial charge in [-0.05, 0) is 31.7 Å². The van der Waals surface area contributed by atoms with E-state index in [9.17, 15) is 4.79 Å². The third-order valence-corrected chi connectivity index (χ3v) is 3.37. The van der Waals surface area contributed by atoms with Gasteiger partial charge in [0.25, 0.3) is 0 Å². The van der Waals surface area contributed by atoms with Crippen molar-refractivity contribution in [3.05, 3.63) is 35.9 Å². The average molecular weight is 249 g/mol. The molecule has 0 heterocycles. The van der Waals surface area contributed by atoms with Crippen LogP contribution in [0.25, 0.3) is 0 Å². The smallest absolute Gasteiger partial charge is 0.220 e. The molecule has 1 amide bonds. The summed E-state index contributed by atoms with van der Waals surface area (Å²) in [5, 5.41) is 12.0. The number of carbonyl (C=O) groups excluding carboxylic acids is 1. The normalized spacial score (nSPS) is 13.9. The molecule has 0 aliphatic rings. The van der Waals surface area contributed by atoms with Crippen molar-refractivity contribution < 1.29 is 9.90 Å². The second-order valence-corrected chi connectivity index (χ2v) is 4.92. The van der Waals surface area contributed by atoms with Gasteiger partial charge in [-0.3, -0.25) is 4.79 Å². The molecule has 3 heteroatoms. The van der Waals surface area contributed by atoms with Crippen molar-refractivity contribution in [1.82, 2.24) is 5.32 Å². The summed E-state index contributed by atoms with van der Waals surface area (Å²) < 4.78 is 0. The van der Waals surface area contributed by atoms with Crippen LogP contribution < -0.4 is 5.32 Å². The zero-order valence-corrected chi connectivity index (χ0v) is 11.3. The number of nitrogens with one attached hydrogen (secondary N) is 1. The quantitative estimate of drug-likeness (QED) is 0.779. The number of amides is 1. The first-order valence-electron chi connectivity index (χ1n) is 6.55. The van der Waals surface area contributed by atoms with Gasteiger partial charge < -0.3 is 10.4 Å². The number of rotatable bonds is 7. The van der Waals surface area contributed by atoms with Crippen molar-refractivity contribution in [2.24, 2.45) is 0 Å². The molecule has 0 saturated heterocycles. The molecule has 0 fully saturated rings. The Labute approximate surface area is 109 Å². The maximum absolute atomic E-state index is 11.9. The summed E-state index contributed by atoms with van der Waals surface area (Å²) in [5.74, 6) is 0.0525. The SMILES string of the molecule is CCC(C)(CCO)NC(=O)CCc1ccccc1. The third-order valence-electron chi connectivity index (χ3n) is 3.37. The van der Waals surface area contributed by atoms with E-state index in [4.69, 9.17) is 5.11 Å². The lowest BCUT2D eigenvalue weighted by atomic mass is 9.94. The molecule has 1 unspecified atom stereocenters. The molecule has 100 valence electrons. The van der Waals surface area contributed by atoms with Gasteiger partial charge in [-0.15, -0.1) is 0 Å². The minimum atomic E-state index is -0.289. The third kappa shape index (κ3) is 4.88. The highest BCUT2D eigenvalue weighted by molar-refractivity contribution is 5.77. The molecule has 1 aromatic carbocycles. The van der Waals surface area contributed by atoms with Crippen LogP contribution in [0.1, 0.15) is 38.7 Å². The van der Waals surface area contributed by atoms with Crippen molar-refractivity contribution in [3.63, 3.8) is 0 Å². The summed E-state index contributed by atoms with van der Waals surface area (Å²) in [6.07, 6.45) is 2.67. The van der Waals surface area contributed by atoms with E-state index >= 15 is 0 Å². The Kier molecular flexibility index (Phi) is 5.86. The van der Waals surface area contributed by atoms with E-state index in [0.717, 1.165) is 12.8 Å². The van der Waals surface area contributed by atoms with E-state index in [1.54, 1.807) is 0 Å². The number of aliphatic hydroxyl groups is 1. The lowest BCUT2D eigenvalue weighted by Gasteiger charge is -2.29. The summed E-state index contributed by atoms with van der Waals surface area (Å²) >= 11 is 0. The van der Waals surface area contributed by atoms with Gasteiger partial charge in [-0.2, -0.15) is 0 Å². The van der Waals surface area contributed by atoms with Crippen LogP contribution in [0.3, 0.4) is 0 Å². The molecule has 0 radical (unpaired) electrons. The Morgan fingerprint density at radius 3 is 2.56 bits per heavy atom. The van der Waals surface area contributed by atoms with E-state index in [0.29, 0.717) is 12.8 Å². The van der Waals surface area contributed by atoms with E-state index in [-0.39, 0.29) is 18.1 Å². The Hall–Kier alpha value is -1.35. The van der Waals surface area contributed by atoms with E-state index in [1.807, 2.05) is 44.2 Å². The molecule has 0 spiro atoms. The summed E-state index contributed by atoms with van der Waals surface area (Å²) in [5.41, 5.74) is 0.885. The number of aryl methyl sites for hydroxylation is 1. The van der Waals surface area contributed by atoms with Crippen LogP contribution in [0.5, 0.6) is 0 Å². The average Bonchev–Trinajstić information content (AvgIpc) is 2.38. The molecule has 1 rings (SSSR count). The minimum absolute atomic E-state index is 0.0525. The van der Waals surface area contributed by atoms with Crippen molar-refractivity contribution in [1.29, 1.82) is 0 Å². The topological polar surface area (TPSA) is 49.3 Å². The monoisotopic (exact) mass is 249 g/mol. The fourth-order valence-corrected chi connectivity index (χ4v) is 1.88. The Morgan fingerprint density at radius 2 is 2.00 bits per heavy atom. The van der Waals surface area contributed by atoms with Gasteiger partial charge in [-0.25, -0.2) is 0 Å². The molecular weight excluding hydrogens is 226 g/mol. The second-order valence-electron chi connectivity index (χ2n) is 4.92. The minimum Gasteiger partial charge on any atom is -0.396 e. The van der Waals surface area contributed by atoms with Crippen molar-refractivity contribution in [2.75, 3.05) is 6.61 Å². The lowest BCUT2D eigenvalue weighted by molar-refractivity contribution is -0.123. The zero-order chi connectivity index (χ0) is 13.4. The Balaban J connectivity index is 2.41. The van der Waals surface area contributed by atoms with Gasteiger partial charge in [-0.1, -0.05) is 37.3 Å². The standard InChI is InChI=1S/C15H23NO2/c1-3-15(2,11-12-17)16-14(18)10-9-13-7-5-4-6-8-13/h4-8,17H,3,9-12H2,1-2H3,(H,16,18). The largest absolute Gasteiger partial charge is 0.396 e. The van der Waals surface area contributed by atoms with Gasteiger partial charge in [0.05, 0.1) is 0 Å². The first-order valence-corrected chi connectivity index (χ1v) is 6.55. The van der Waals surface area contributed by atoms with Crippen LogP contribution >= 0.6 is 0 Å². The number of aliphatic hydroxyl groups excluding tert-OH is 1. The molecular formula is C15H23NO2. The molecule has 0 aromatic heterocycles. The lowest BCUT2D eigenvalue weighted by Crippen LogP contribution is -2.46. The molecule has 1 atom stereocenters. The predicted molar refractivity (Wildman–Crippen MR) is 73.3 cm³/mol. The fraction of sp³-hybridized carbons (Fsp3) is 0.533. The van der Waals surface area contributed by atoms with Gasteiger partial charge >= 0.3 is 0 Å². The molecule has 0 aliphatic carbocycles. The highest BCUT2D eigenvalue weighted by Crippen LogP contribution is 2.14. The number of benzene rings is 1. The fourth-order valence-electron chi connectivity index (χ4n) is 1.88. The second kappa shape index (κ2) is 7.17. The first kappa shape index (κ1) is 14.7. The number of hydrogen-bond acceptors (Lipinski definition) is 2. The van der Waals surface area contributed by atoms with Crippen molar-refractivity contribution >= 4 is 5.91 Å². The summed E-state index contributed by atoms with van der Waals surface area (Å²) in [6.45, 7) is 4.10. The van der Waals surface area contributed by atoms with Gasteiger partial charge in [0.1, 0.15) is 0 Å². The summed E-state index contributed by atoms with van der Waals surface area (Å²) in [6, 6.07) is 9.99. The van der Waals surface area contributed by atoms with Gasteiger partial charge in [0.15, 0.2) is 0 Å². The first-order chi connectivity index (χ1) is 8.59. The Morgan fingerprint density at radius 1 is 1.33 bits per heavy atom. The molecule has 0 aliphatic heterocycles.